The molecule has 0 saturated heterocycles. The van der Waals surface area contributed by atoms with Gasteiger partial charge in [-0.05, 0) is 19.8 Å². The molecule has 0 spiro atoms. The molecule has 1 heterocycles. The zero-order valence-electron chi connectivity index (χ0n) is 12.4. The van der Waals surface area contributed by atoms with Crippen molar-refractivity contribution in [2.75, 3.05) is 6.54 Å². The number of carbonyl (C=O) groups excluding carboxylic acids is 1. The third-order valence-electron chi connectivity index (χ3n) is 3.65. The highest BCUT2D eigenvalue weighted by molar-refractivity contribution is 5.96. The van der Waals surface area contributed by atoms with E-state index in [0.29, 0.717) is 5.69 Å². The van der Waals surface area contributed by atoms with E-state index in [1.54, 1.807) is 6.92 Å². The minimum Gasteiger partial charge on any atom is -0.481 e. The minimum atomic E-state index is -0.979. The van der Waals surface area contributed by atoms with Crippen LogP contribution in [0.3, 0.4) is 0 Å². The number of nitrogens with zero attached hydrogens (tertiary/aromatic N) is 3. The van der Waals surface area contributed by atoms with Gasteiger partial charge in [0, 0.05) is 18.7 Å². The lowest BCUT2D eigenvalue weighted by molar-refractivity contribution is -0.385. The molecule has 0 bridgehead atoms. The van der Waals surface area contributed by atoms with Gasteiger partial charge in [-0.1, -0.05) is 6.92 Å². The summed E-state index contributed by atoms with van der Waals surface area (Å²) in [7, 11) is 0. The SMILES string of the molecule is Cc1ncc([N+](=O)[O-])cc1C(=O)N(CC(C)C(=O)O)C1CC1. The van der Waals surface area contributed by atoms with Crippen molar-refractivity contribution in [3.63, 3.8) is 0 Å². The van der Waals surface area contributed by atoms with E-state index in [9.17, 15) is 19.7 Å². The number of amides is 1. The van der Waals surface area contributed by atoms with E-state index < -0.39 is 22.7 Å². The predicted octanol–water partition coefficient (Wildman–Crippen LogP) is 1.62. The molecule has 1 aliphatic rings. The van der Waals surface area contributed by atoms with Crippen LogP contribution in [-0.4, -0.2) is 44.4 Å². The van der Waals surface area contributed by atoms with Crippen molar-refractivity contribution in [2.24, 2.45) is 5.92 Å². The Kier molecular flexibility index (Phi) is 4.39. The van der Waals surface area contributed by atoms with E-state index in [0.717, 1.165) is 19.0 Å². The maximum Gasteiger partial charge on any atom is 0.308 e. The number of aryl methyl sites for hydroxylation is 1. The predicted molar refractivity (Wildman–Crippen MR) is 76.5 cm³/mol. The molecule has 8 nitrogen and oxygen atoms in total. The molecule has 2 rings (SSSR count). The van der Waals surface area contributed by atoms with Gasteiger partial charge in [0.25, 0.3) is 11.6 Å². The number of nitro groups is 1. The topological polar surface area (TPSA) is 114 Å². The van der Waals surface area contributed by atoms with Crippen LogP contribution < -0.4 is 0 Å². The van der Waals surface area contributed by atoms with Gasteiger partial charge in [0.05, 0.1) is 22.1 Å². The summed E-state index contributed by atoms with van der Waals surface area (Å²) in [5.74, 6) is -2.08. The van der Waals surface area contributed by atoms with Gasteiger partial charge in [0.2, 0.25) is 0 Å². The number of aliphatic carboxylic acids is 1. The Morgan fingerprint density at radius 2 is 2.18 bits per heavy atom. The standard InChI is InChI=1S/C14H17N3O5/c1-8(14(19)20)7-16(10-3-4-10)13(18)12-5-11(17(21)22)6-15-9(12)2/h5-6,8,10H,3-4,7H2,1-2H3,(H,19,20). The molecule has 0 radical (unpaired) electrons. The maximum atomic E-state index is 12.7. The van der Waals surface area contributed by atoms with Gasteiger partial charge in [-0.2, -0.15) is 0 Å². The van der Waals surface area contributed by atoms with Crippen LogP contribution in [0.5, 0.6) is 0 Å². The lowest BCUT2D eigenvalue weighted by atomic mass is 10.1. The van der Waals surface area contributed by atoms with E-state index in [1.807, 2.05) is 0 Å². The van der Waals surface area contributed by atoms with Crippen molar-refractivity contribution in [3.05, 3.63) is 33.6 Å². The largest absolute Gasteiger partial charge is 0.481 e. The van der Waals surface area contributed by atoms with Crippen molar-refractivity contribution in [2.45, 2.75) is 32.7 Å². The molecule has 1 atom stereocenters. The Bertz CT molecular complexity index is 627. The molecule has 22 heavy (non-hydrogen) atoms. The normalized spacial score (nSPS) is 15.2. The summed E-state index contributed by atoms with van der Waals surface area (Å²) >= 11 is 0. The van der Waals surface area contributed by atoms with Crippen molar-refractivity contribution < 1.29 is 19.6 Å². The highest BCUT2D eigenvalue weighted by atomic mass is 16.6. The molecule has 1 fully saturated rings. The van der Waals surface area contributed by atoms with Crippen molar-refractivity contribution in [1.82, 2.24) is 9.88 Å². The highest BCUT2D eigenvalue weighted by Crippen LogP contribution is 2.30. The van der Waals surface area contributed by atoms with E-state index in [2.05, 4.69) is 4.98 Å². The molecule has 118 valence electrons. The third kappa shape index (κ3) is 3.38. The van der Waals surface area contributed by atoms with Gasteiger partial charge in [-0.15, -0.1) is 0 Å². The molecule has 0 aliphatic heterocycles. The number of carbonyl (C=O) groups is 2. The Balaban J connectivity index is 2.29. The van der Waals surface area contributed by atoms with Crippen LogP contribution >= 0.6 is 0 Å². The van der Waals surface area contributed by atoms with Crippen molar-refractivity contribution >= 4 is 17.6 Å². The van der Waals surface area contributed by atoms with E-state index in [-0.39, 0.29) is 23.8 Å². The van der Waals surface area contributed by atoms with Crippen LogP contribution in [-0.2, 0) is 4.79 Å². The first-order valence-corrected chi connectivity index (χ1v) is 6.96. The molecular formula is C14H17N3O5. The second-order valence-corrected chi connectivity index (χ2v) is 5.51. The summed E-state index contributed by atoms with van der Waals surface area (Å²) in [4.78, 5) is 39.3. The molecule has 1 aliphatic carbocycles. The monoisotopic (exact) mass is 307 g/mol. The zero-order chi connectivity index (χ0) is 16.4. The Morgan fingerprint density at radius 3 is 2.68 bits per heavy atom. The first kappa shape index (κ1) is 15.9. The van der Waals surface area contributed by atoms with Gasteiger partial charge in [-0.3, -0.25) is 24.7 Å². The first-order valence-electron chi connectivity index (χ1n) is 6.96. The summed E-state index contributed by atoms with van der Waals surface area (Å²) in [5.41, 5.74) is 0.291. The van der Waals surface area contributed by atoms with Gasteiger partial charge < -0.3 is 10.0 Å². The molecule has 1 unspecified atom stereocenters. The Labute approximate surface area is 126 Å². The van der Waals surface area contributed by atoms with Crippen LogP contribution in [0.15, 0.2) is 12.3 Å². The summed E-state index contributed by atoms with van der Waals surface area (Å²) < 4.78 is 0. The van der Waals surface area contributed by atoms with Crippen molar-refractivity contribution in [1.29, 1.82) is 0 Å². The molecule has 1 aromatic rings. The van der Waals surface area contributed by atoms with Crippen molar-refractivity contribution in [3.8, 4) is 0 Å². The number of carboxylic acids is 1. The lowest BCUT2D eigenvalue weighted by Crippen LogP contribution is -2.39. The quantitative estimate of drug-likeness (QED) is 0.631. The maximum absolute atomic E-state index is 12.7. The molecule has 1 amide bonds. The number of aromatic nitrogens is 1. The average molecular weight is 307 g/mol. The van der Waals surface area contributed by atoms with Gasteiger partial charge in [-0.25, -0.2) is 0 Å². The Hall–Kier alpha value is -2.51. The summed E-state index contributed by atoms with van der Waals surface area (Å²) in [6, 6.07) is 1.21. The van der Waals surface area contributed by atoms with E-state index in [1.165, 1.54) is 17.9 Å². The van der Waals surface area contributed by atoms with Gasteiger partial charge in [0.1, 0.15) is 6.20 Å². The number of carboxylic acid groups (broad SMARTS) is 1. The second-order valence-electron chi connectivity index (χ2n) is 5.51. The smallest absolute Gasteiger partial charge is 0.308 e. The summed E-state index contributed by atoms with van der Waals surface area (Å²) in [5, 5.41) is 19.9. The first-order chi connectivity index (χ1) is 10.3. The number of pyridine rings is 1. The second kappa shape index (κ2) is 6.08. The van der Waals surface area contributed by atoms with Crippen LogP contribution in [0.4, 0.5) is 5.69 Å². The van der Waals surface area contributed by atoms with Crippen LogP contribution in [0.25, 0.3) is 0 Å². The fourth-order valence-corrected chi connectivity index (χ4v) is 2.15. The molecular weight excluding hydrogens is 290 g/mol. The summed E-state index contributed by atoms with van der Waals surface area (Å²) in [6.45, 7) is 3.22. The third-order valence-corrected chi connectivity index (χ3v) is 3.65. The fraction of sp³-hybridized carbons (Fsp3) is 0.500. The zero-order valence-corrected chi connectivity index (χ0v) is 12.4. The van der Waals surface area contributed by atoms with Crippen LogP contribution in [0.1, 0.15) is 35.8 Å². The molecule has 1 saturated carbocycles. The van der Waals surface area contributed by atoms with E-state index >= 15 is 0 Å². The van der Waals surface area contributed by atoms with Gasteiger partial charge >= 0.3 is 5.97 Å². The average Bonchev–Trinajstić information content (AvgIpc) is 3.28. The molecule has 8 heteroatoms. The van der Waals surface area contributed by atoms with Gasteiger partial charge in [0.15, 0.2) is 0 Å². The number of rotatable bonds is 6. The minimum absolute atomic E-state index is 0.00737. The number of hydrogen-bond acceptors (Lipinski definition) is 5. The van der Waals surface area contributed by atoms with E-state index in [4.69, 9.17) is 5.11 Å². The molecule has 1 N–H and O–H groups in total. The van der Waals surface area contributed by atoms with Crippen LogP contribution in [0.2, 0.25) is 0 Å². The summed E-state index contributed by atoms with van der Waals surface area (Å²) in [6.07, 6.45) is 2.74. The molecule has 1 aromatic heterocycles. The number of hydrogen-bond donors (Lipinski definition) is 1. The highest BCUT2D eigenvalue weighted by Gasteiger charge is 2.36. The molecule has 0 aromatic carbocycles. The fourth-order valence-electron chi connectivity index (χ4n) is 2.15. The van der Waals surface area contributed by atoms with Crippen LogP contribution in [0, 0.1) is 23.0 Å². The lowest BCUT2D eigenvalue weighted by Gasteiger charge is -2.24. The Morgan fingerprint density at radius 1 is 1.55 bits per heavy atom.